The number of rotatable bonds is 5. The van der Waals surface area contributed by atoms with Crippen molar-refractivity contribution in [2.45, 2.75) is 10.6 Å². The van der Waals surface area contributed by atoms with Gasteiger partial charge in [0.05, 0.1) is 11.1 Å². The van der Waals surface area contributed by atoms with Crippen LogP contribution in [0.3, 0.4) is 0 Å². The second-order valence-corrected chi connectivity index (χ2v) is 8.81. The minimum Gasteiger partial charge on any atom is -0.311 e. The van der Waals surface area contributed by atoms with Gasteiger partial charge in [0.2, 0.25) is 0 Å². The van der Waals surface area contributed by atoms with Gasteiger partial charge < -0.3 is 4.57 Å². The van der Waals surface area contributed by atoms with E-state index in [1.54, 1.807) is 55.2 Å². The lowest BCUT2D eigenvalue weighted by Crippen LogP contribution is -2.42. The number of halogens is 1. The van der Waals surface area contributed by atoms with E-state index in [4.69, 9.17) is 11.6 Å². The van der Waals surface area contributed by atoms with Gasteiger partial charge in [0, 0.05) is 39.7 Å². The quantitative estimate of drug-likeness (QED) is 0.326. The minimum absolute atomic E-state index is 0.198. The van der Waals surface area contributed by atoms with Gasteiger partial charge in [-0.05, 0) is 48.0 Å². The lowest BCUT2D eigenvalue weighted by Gasteiger charge is -2.11. The van der Waals surface area contributed by atoms with Crippen LogP contribution in [0.4, 0.5) is 0 Å². The minimum atomic E-state index is -0.562. The van der Waals surface area contributed by atoms with Crippen molar-refractivity contribution in [3.05, 3.63) is 111 Å². The normalized spacial score (nSPS) is 10.7. The highest BCUT2D eigenvalue weighted by atomic mass is 35.5. The Morgan fingerprint density at radius 1 is 0.909 bits per heavy atom. The first-order valence-corrected chi connectivity index (χ1v) is 11.5. The molecule has 0 bridgehead atoms. The molecule has 0 aliphatic carbocycles. The number of nitrogens with one attached hydrogen (secondary N) is 2. The van der Waals surface area contributed by atoms with E-state index in [9.17, 15) is 14.4 Å². The Balaban J connectivity index is 1.38. The van der Waals surface area contributed by atoms with Crippen molar-refractivity contribution < 1.29 is 9.59 Å². The summed E-state index contributed by atoms with van der Waals surface area (Å²) in [6.45, 7) is 0. The second kappa shape index (κ2) is 9.94. The first kappa shape index (κ1) is 22.6. The zero-order valence-electron chi connectivity index (χ0n) is 17.7. The molecule has 0 radical (unpaired) electrons. The monoisotopic (exact) mass is 477 g/mol. The number of hydrazine groups is 1. The Morgan fingerprint density at radius 3 is 2.30 bits per heavy atom. The Kier molecular flexibility index (Phi) is 6.82. The van der Waals surface area contributed by atoms with Crippen LogP contribution in [-0.2, 0) is 12.8 Å². The largest absolute Gasteiger partial charge is 0.311 e. The molecule has 0 fully saturated rings. The third-order valence-electron chi connectivity index (χ3n) is 5.12. The maximum Gasteiger partial charge on any atom is 0.270 e. The first-order chi connectivity index (χ1) is 15.9. The smallest absolute Gasteiger partial charge is 0.270 e. The molecule has 2 amide bonds. The molecule has 0 saturated heterocycles. The number of pyridine rings is 1. The highest BCUT2D eigenvalue weighted by Crippen LogP contribution is 2.24. The fourth-order valence-corrected chi connectivity index (χ4v) is 4.28. The summed E-state index contributed by atoms with van der Waals surface area (Å²) in [5, 5.41) is 1.32. The summed E-state index contributed by atoms with van der Waals surface area (Å²) < 4.78 is 1.47. The van der Waals surface area contributed by atoms with Crippen LogP contribution in [-0.4, -0.2) is 16.4 Å². The lowest BCUT2D eigenvalue weighted by atomic mass is 10.1. The van der Waals surface area contributed by atoms with Crippen molar-refractivity contribution in [3.8, 4) is 0 Å². The second-order valence-electron chi connectivity index (χ2n) is 7.32. The van der Waals surface area contributed by atoms with Gasteiger partial charge in [0.15, 0.2) is 0 Å². The maximum atomic E-state index is 12.7. The molecule has 4 rings (SSSR count). The van der Waals surface area contributed by atoms with Gasteiger partial charge in [-0.25, -0.2) is 0 Å². The Hall–Kier alpha value is -3.55. The van der Waals surface area contributed by atoms with E-state index in [0.717, 1.165) is 16.2 Å². The summed E-state index contributed by atoms with van der Waals surface area (Å²) in [7, 11) is 1.64. The van der Waals surface area contributed by atoms with Crippen LogP contribution < -0.4 is 16.4 Å². The number of benzene rings is 3. The van der Waals surface area contributed by atoms with Gasteiger partial charge in [-0.3, -0.25) is 25.2 Å². The molecular weight excluding hydrogens is 458 g/mol. The van der Waals surface area contributed by atoms with Crippen LogP contribution in [0, 0.1) is 0 Å². The predicted octanol–water partition coefficient (Wildman–Crippen LogP) is 4.56. The number of amides is 2. The Labute approximate surface area is 199 Å². The van der Waals surface area contributed by atoms with Gasteiger partial charge >= 0.3 is 0 Å². The number of hydrogen-bond donors (Lipinski definition) is 2. The molecule has 166 valence electrons. The first-order valence-electron chi connectivity index (χ1n) is 10.1. The number of thioether (sulfide) groups is 1. The van der Waals surface area contributed by atoms with E-state index in [2.05, 4.69) is 10.9 Å². The number of fused-ring (bicyclic) bond motifs is 1. The van der Waals surface area contributed by atoms with Crippen molar-refractivity contribution in [3.63, 3.8) is 0 Å². The van der Waals surface area contributed by atoms with Crippen LogP contribution in [0.2, 0.25) is 5.02 Å². The maximum absolute atomic E-state index is 12.7. The summed E-state index contributed by atoms with van der Waals surface area (Å²) in [5.74, 6) is -0.266. The van der Waals surface area contributed by atoms with E-state index in [-0.39, 0.29) is 11.1 Å². The highest BCUT2D eigenvalue weighted by Gasteiger charge is 2.14. The average Bonchev–Trinajstić information content (AvgIpc) is 2.84. The molecule has 2 N–H and O–H groups in total. The number of aryl methyl sites for hydroxylation is 1. The van der Waals surface area contributed by atoms with E-state index in [1.165, 1.54) is 10.6 Å². The molecule has 0 aliphatic rings. The van der Waals surface area contributed by atoms with E-state index in [0.29, 0.717) is 21.5 Å². The molecule has 1 aromatic heterocycles. The molecule has 0 spiro atoms. The number of aromatic nitrogens is 1. The molecule has 0 saturated carbocycles. The molecule has 6 nitrogen and oxygen atoms in total. The number of carbonyl (C=O) groups excluding carboxylic acids is 2. The predicted molar refractivity (Wildman–Crippen MR) is 132 cm³/mol. The summed E-state index contributed by atoms with van der Waals surface area (Å²) in [6.07, 6.45) is 0. The lowest BCUT2D eigenvalue weighted by molar-refractivity contribution is 0.0847. The molecule has 0 aliphatic heterocycles. The number of nitrogens with zero attached hydrogens (tertiary/aromatic N) is 1. The van der Waals surface area contributed by atoms with Crippen LogP contribution in [0.1, 0.15) is 26.3 Å². The van der Waals surface area contributed by atoms with Crippen LogP contribution in [0.15, 0.2) is 88.6 Å². The molecular formula is C25H20ClN3O3S. The van der Waals surface area contributed by atoms with Gasteiger partial charge in [-0.2, -0.15) is 0 Å². The summed E-state index contributed by atoms with van der Waals surface area (Å²) in [6, 6.07) is 23.1. The number of hydrogen-bond acceptors (Lipinski definition) is 4. The van der Waals surface area contributed by atoms with Crippen LogP contribution in [0.5, 0.6) is 0 Å². The van der Waals surface area contributed by atoms with E-state index in [1.807, 2.05) is 36.4 Å². The SMILES string of the molecule is Cn1c(=O)cc(C(=O)NNC(=O)c2ccc(CSc3ccc(Cl)cc3)cc2)c2ccccc21. The van der Waals surface area contributed by atoms with E-state index >= 15 is 0 Å². The van der Waals surface area contributed by atoms with Gasteiger partial charge in [0.25, 0.3) is 17.4 Å². The Bertz CT molecular complexity index is 1380. The summed E-state index contributed by atoms with van der Waals surface area (Å²) in [4.78, 5) is 38.4. The molecule has 8 heteroatoms. The Morgan fingerprint density at radius 2 is 1.58 bits per heavy atom. The zero-order valence-corrected chi connectivity index (χ0v) is 19.2. The molecule has 3 aromatic carbocycles. The van der Waals surface area contributed by atoms with Gasteiger partial charge in [-0.1, -0.05) is 41.9 Å². The van der Waals surface area contributed by atoms with Gasteiger partial charge in [-0.15, -0.1) is 11.8 Å². The summed E-state index contributed by atoms with van der Waals surface area (Å²) in [5.41, 5.74) is 6.80. The fraction of sp³-hybridized carbons (Fsp3) is 0.0800. The average molecular weight is 478 g/mol. The molecule has 0 atom stereocenters. The number of para-hydroxylation sites is 1. The van der Waals surface area contributed by atoms with E-state index < -0.39 is 11.8 Å². The third kappa shape index (κ3) is 5.27. The third-order valence-corrected chi connectivity index (χ3v) is 6.46. The topological polar surface area (TPSA) is 80.2 Å². The molecule has 0 unspecified atom stereocenters. The van der Waals surface area contributed by atoms with Crippen molar-refractivity contribution >= 4 is 46.1 Å². The van der Waals surface area contributed by atoms with Crippen LogP contribution >= 0.6 is 23.4 Å². The van der Waals surface area contributed by atoms with Crippen molar-refractivity contribution in [2.75, 3.05) is 0 Å². The fourth-order valence-electron chi connectivity index (χ4n) is 3.30. The molecule has 1 heterocycles. The summed E-state index contributed by atoms with van der Waals surface area (Å²) >= 11 is 7.57. The standard InChI is InChI=1S/C25H20ClN3O3S/c1-29-22-5-3-2-4-20(22)21(14-23(29)30)25(32)28-27-24(31)17-8-6-16(7-9-17)15-33-19-12-10-18(26)11-13-19/h2-14H,15H2,1H3,(H,27,31)(H,28,32). The van der Waals surface area contributed by atoms with Crippen molar-refractivity contribution in [1.82, 2.24) is 15.4 Å². The number of carbonyl (C=O) groups is 2. The van der Waals surface area contributed by atoms with Crippen molar-refractivity contribution in [2.24, 2.45) is 7.05 Å². The zero-order chi connectivity index (χ0) is 23.4. The molecule has 4 aromatic rings. The van der Waals surface area contributed by atoms with Crippen molar-refractivity contribution in [1.29, 1.82) is 0 Å². The van der Waals surface area contributed by atoms with Crippen LogP contribution in [0.25, 0.3) is 10.9 Å². The molecule has 33 heavy (non-hydrogen) atoms. The van der Waals surface area contributed by atoms with Gasteiger partial charge in [0.1, 0.15) is 0 Å². The highest BCUT2D eigenvalue weighted by molar-refractivity contribution is 7.98.